The zero-order valence-corrected chi connectivity index (χ0v) is 15.4. The summed E-state index contributed by atoms with van der Waals surface area (Å²) in [4.78, 5) is 14.7. The number of amides is 1. The summed E-state index contributed by atoms with van der Waals surface area (Å²) in [7, 11) is 0. The Bertz CT molecular complexity index is 810. The van der Waals surface area contributed by atoms with Crippen molar-refractivity contribution in [2.75, 3.05) is 18.4 Å². The third-order valence-electron chi connectivity index (χ3n) is 4.72. The number of nitrogens with zero attached hydrogens (tertiary/aromatic N) is 1. The highest BCUT2D eigenvalue weighted by atomic mass is 35.5. The Hall–Kier alpha value is -2.05. The lowest BCUT2D eigenvalue weighted by atomic mass is 9.96. The van der Waals surface area contributed by atoms with Crippen molar-refractivity contribution in [2.45, 2.75) is 25.6 Å². The fourth-order valence-corrected chi connectivity index (χ4v) is 3.55. The first-order chi connectivity index (χ1) is 12.8. The Morgan fingerprint density at radius 3 is 2.59 bits per heavy atom. The molecule has 0 unspecified atom stereocenters. The highest BCUT2D eigenvalue weighted by Gasteiger charge is 2.34. The minimum Gasteiger partial charge on any atom is -0.325 e. The van der Waals surface area contributed by atoms with E-state index in [2.05, 4.69) is 10.2 Å². The largest absolute Gasteiger partial charge is 0.418 e. The molecule has 1 aliphatic rings. The van der Waals surface area contributed by atoms with E-state index < -0.39 is 11.7 Å². The maximum atomic E-state index is 13.1. The van der Waals surface area contributed by atoms with Crippen LogP contribution in [0.4, 0.5) is 18.9 Å². The number of halogens is 4. The van der Waals surface area contributed by atoms with Crippen LogP contribution in [0.15, 0.2) is 48.5 Å². The molecule has 7 heteroatoms. The Kier molecular flexibility index (Phi) is 6.07. The van der Waals surface area contributed by atoms with E-state index in [1.54, 1.807) is 0 Å². The Morgan fingerprint density at radius 1 is 1.15 bits per heavy atom. The zero-order chi connectivity index (χ0) is 19.4. The summed E-state index contributed by atoms with van der Waals surface area (Å²) < 4.78 is 39.3. The quantitative estimate of drug-likeness (QED) is 0.769. The topological polar surface area (TPSA) is 32.3 Å². The summed E-state index contributed by atoms with van der Waals surface area (Å²) >= 11 is 6.20. The second-order valence-electron chi connectivity index (χ2n) is 6.70. The van der Waals surface area contributed by atoms with Gasteiger partial charge in [-0.3, -0.25) is 9.69 Å². The van der Waals surface area contributed by atoms with Gasteiger partial charge in [0.1, 0.15) is 0 Å². The molecule has 3 rings (SSSR count). The minimum absolute atomic E-state index is 0.196. The van der Waals surface area contributed by atoms with Crippen LogP contribution in [0.3, 0.4) is 0 Å². The second-order valence-corrected chi connectivity index (χ2v) is 7.11. The van der Waals surface area contributed by atoms with Crippen molar-refractivity contribution in [3.8, 4) is 0 Å². The van der Waals surface area contributed by atoms with Crippen LogP contribution in [-0.4, -0.2) is 23.9 Å². The van der Waals surface area contributed by atoms with E-state index in [1.165, 1.54) is 18.2 Å². The molecule has 0 radical (unpaired) electrons. The van der Waals surface area contributed by atoms with Gasteiger partial charge in [0, 0.05) is 18.1 Å². The maximum Gasteiger partial charge on any atom is 0.418 e. The molecule has 27 heavy (non-hydrogen) atoms. The molecule has 1 aliphatic heterocycles. The smallest absolute Gasteiger partial charge is 0.325 e. The fraction of sp³-hybridized carbons (Fsp3) is 0.350. The zero-order valence-electron chi connectivity index (χ0n) is 14.6. The van der Waals surface area contributed by atoms with Gasteiger partial charge in [-0.05, 0) is 43.1 Å². The molecular formula is C20H20ClF3N2O. The van der Waals surface area contributed by atoms with Gasteiger partial charge in [0.25, 0.3) is 0 Å². The molecular weight excluding hydrogens is 377 g/mol. The number of likely N-dealkylation sites (tertiary alicyclic amines) is 1. The third-order valence-corrected chi connectivity index (χ3v) is 5.09. The van der Waals surface area contributed by atoms with Gasteiger partial charge in [0.2, 0.25) is 5.91 Å². The molecule has 1 amide bonds. The number of hydrogen-bond donors (Lipinski definition) is 1. The number of anilines is 1. The molecule has 0 aromatic heterocycles. The van der Waals surface area contributed by atoms with Gasteiger partial charge in [-0.15, -0.1) is 0 Å². The van der Waals surface area contributed by atoms with Gasteiger partial charge in [0.05, 0.1) is 17.2 Å². The number of hydrogen-bond acceptors (Lipinski definition) is 2. The minimum atomic E-state index is -4.51. The summed E-state index contributed by atoms with van der Waals surface area (Å²) in [5, 5.41) is 3.14. The third kappa shape index (κ3) is 5.02. The second kappa shape index (κ2) is 8.31. The highest BCUT2D eigenvalue weighted by Crippen LogP contribution is 2.35. The highest BCUT2D eigenvalue weighted by molar-refractivity contribution is 6.31. The lowest BCUT2D eigenvalue weighted by Crippen LogP contribution is -2.40. The molecule has 1 N–H and O–H groups in total. The fourth-order valence-electron chi connectivity index (χ4n) is 3.35. The first-order valence-corrected chi connectivity index (χ1v) is 9.15. The van der Waals surface area contributed by atoms with Crippen LogP contribution in [0.5, 0.6) is 0 Å². The summed E-state index contributed by atoms with van der Waals surface area (Å²) in [6.45, 7) is 1.93. The first-order valence-electron chi connectivity index (χ1n) is 8.77. The number of nitrogens with one attached hydrogen (secondary N) is 1. The molecule has 144 valence electrons. The van der Waals surface area contributed by atoms with E-state index >= 15 is 0 Å². The standard InChI is InChI=1S/C20H20ClF3N2O/c21-17-9-3-1-6-14(17)12-26-11-5-7-15(13-26)19(27)25-18-10-4-2-8-16(18)20(22,23)24/h1-4,6,8-10,15H,5,7,11-13H2,(H,25,27)/t15-/m1/s1. The van der Waals surface area contributed by atoms with E-state index in [-0.39, 0.29) is 17.5 Å². The van der Waals surface area contributed by atoms with Crippen LogP contribution in [0.25, 0.3) is 0 Å². The van der Waals surface area contributed by atoms with E-state index in [9.17, 15) is 18.0 Å². The number of para-hydroxylation sites is 1. The predicted octanol–water partition coefficient (Wildman–Crippen LogP) is 5.21. The molecule has 1 heterocycles. The maximum absolute atomic E-state index is 13.1. The van der Waals surface area contributed by atoms with Gasteiger partial charge >= 0.3 is 6.18 Å². The van der Waals surface area contributed by atoms with Crippen molar-refractivity contribution in [1.29, 1.82) is 0 Å². The molecule has 1 saturated heterocycles. The monoisotopic (exact) mass is 396 g/mol. The number of alkyl halides is 3. The number of benzene rings is 2. The first kappa shape index (κ1) is 19.7. The lowest BCUT2D eigenvalue weighted by Gasteiger charge is -2.32. The molecule has 0 spiro atoms. The number of carbonyl (C=O) groups excluding carboxylic acids is 1. The van der Waals surface area contributed by atoms with Gasteiger partial charge in [-0.1, -0.05) is 41.9 Å². The van der Waals surface area contributed by atoms with Crippen molar-refractivity contribution in [2.24, 2.45) is 5.92 Å². The van der Waals surface area contributed by atoms with Crippen LogP contribution in [0.1, 0.15) is 24.0 Å². The summed E-state index contributed by atoms with van der Waals surface area (Å²) in [6, 6.07) is 12.6. The molecule has 1 atom stereocenters. The molecule has 2 aromatic rings. The van der Waals surface area contributed by atoms with E-state index in [1.807, 2.05) is 24.3 Å². The van der Waals surface area contributed by atoms with Crippen LogP contribution in [-0.2, 0) is 17.5 Å². The number of piperidine rings is 1. The van der Waals surface area contributed by atoms with E-state index in [4.69, 9.17) is 11.6 Å². The average molecular weight is 397 g/mol. The molecule has 2 aromatic carbocycles. The van der Waals surface area contributed by atoms with Gasteiger partial charge in [-0.2, -0.15) is 13.2 Å². The number of carbonyl (C=O) groups is 1. The van der Waals surface area contributed by atoms with E-state index in [0.29, 0.717) is 24.5 Å². The Balaban J connectivity index is 1.67. The molecule has 0 aliphatic carbocycles. The summed E-state index contributed by atoms with van der Waals surface area (Å²) in [6.07, 6.45) is -3.05. The van der Waals surface area contributed by atoms with Crippen molar-refractivity contribution in [3.05, 3.63) is 64.7 Å². The van der Waals surface area contributed by atoms with Crippen molar-refractivity contribution in [1.82, 2.24) is 4.90 Å². The van der Waals surface area contributed by atoms with E-state index in [0.717, 1.165) is 24.6 Å². The van der Waals surface area contributed by atoms with Crippen LogP contribution in [0, 0.1) is 5.92 Å². The summed E-state index contributed by atoms with van der Waals surface area (Å²) in [5.74, 6) is -0.738. The molecule has 0 bridgehead atoms. The Labute approximate surface area is 161 Å². The summed E-state index contributed by atoms with van der Waals surface area (Å²) in [5.41, 5.74) is -0.0528. The van der Waals surface area contributed by atoms with Crippen molar-refractivity contribution < 1.29 is 18.0 Å². The Morgan fingerprint density at radius 2 is 1.85 bits per heavy atom. The predicted molar refractivity (Wildman–Crippen MR) is 99.5 cm³/mol. The molecule has 0 saturated carbocycles. The van der Waals surface area contributed by atoms with Gasteiger partial charge in [-0.25, -0.2) is 0 Å². The van der Waals surface area contributed by atoms with Crippen LogP contribution < -0.4 is 5.32 Å². The van der Waals surface area contributed by atoms with Gasteiger partial charge < -0.3 is 5.32 Å². The normalized spacial score (nSPS) is 18.3. The SMILES string of the molecule is O=C(Nc1ccccc1C(F)(F)F)[C@@H]1CCCN(Cc2ccccc2Cl)C1. The number of rotatable bonds is 4. The van der Waals surface area contributed by atoms with Crippen LogP contribution in [0.2, 0.25) is 5.02 Å². The molecule has 3 nitrogen and oxygen atoms in total. The van der Waals surface area contributed by atoms with Gasteiger partial charge in [0.15, 0.2) is 0 Å². The van der Waals surface area contributed by atoms with Crippen molar-refractivity contribution >= 4 is 23.2 Å². The molecule has 1 fully saturated rings. The lowest BCUT2D eigenvalue weighted by molar-refractivity contribution is -0.137. The average Bonchev–Trinajstić information content (AvgIpc) is 2.63. The van der Waals surface area contributed by atoms with Crippen molar-refractivity contribution in [3.63, 3.8) is 0 Å². The van der Waals surface area contributed by atoms with Crippen LogP contribution >= 0.6 is 11.6 Å².